The molecule has 0 aliphatic heterocycles. The van der Waals surface area contributed by atoms with Gasteiger partial charge >= 0.3 is 59.1 Å². The van der Waals surface area contributed by atoms with Gasteiger partial charge in [0, 0.05) is 44.8 Å². The van der Waals surface area contributed by atoms with Gasteiger partial charge in [0.1, 0.15) is 0 Å². The molecule has 23 heavy (non-hydrogen) atoms. The smallest absolute Gasteiger partial charge is 1.00 e. The zero-order chi connectivity index (χ0) is 16.3. The molecule has 0 bridgehead atoms. The third-order valence-corrected chi connectivity index (χ3v) is 0. The number of rotatable bonds is 0. The first-order valence-electron chi connectivity index (χ1n) is 4.21. The first-order valence-corrected chi connectivity index (χ1v) is 4.21. The van der Waals surface area contributed by atoms with E-state index in [0.717, 1.165) is 27.7 Å². The van der Waals surface area contributed by atoms with Crippen LogP contribution in [0.2, 0.25) is 0 Å². The van der Waals surface area contributed by atoms with Crippen molar-refractivity contribution >= 4 is 23.9 Å². The summed E-state index contributed by atoms with van der Waals surface area (Å²) in [7, 11) is 0. The molecule has 0 aromatic heterocycles. The summed E-state index contributed by atoms with van der Waals surface area (Å²) in [4.78, 5) is 36.0. The molecule has 0 rings (SSSR count). The summed E-state index contributed by atoms with van der Waals surface area (Å²) in [6.45, 7) is 10.3. The summed E-state index contributed by atoms with van der Waals surface area (Å²) < 4.78 is 0. The van der Waals surface area contributed by atoms with Crippen LogP contribution in [0.5, 0.6) is 0 Å². The Morgan fingerprint density at radius 3 is 0.609 bits per heavy atom. The normalized spacial score (nSPS) is 4.52. The van der Waals surface area contributed by atoms with Crippen LogP contribution in [0.4, 0.5) is 0 Å². The average Bonchev–Trinajstić information content (AvgIpc) is 2.01. The molecule has 0 fully saturated rings. The molecule has 0 aromatic carbocycles. The Kier molecular flexibility index (Phi) is 192. The van der Waals surface area contributed by atoms with Gasteiger partial charge in [0.05, 0.1) is 0 Å². The van der Waals surface area contributed by atoms with Gasteiger partial charge in [-0.25, -0.2) is 0 Å². The number of hydrogen-bond acceptors (Lipinski definition) is 6. The van der Waals surface area contributed by atoms with E-state index in [1.54, 1.807) is 0 Å². The maximum atomic E-state index is 9.00. The van der Waals surface area contributed by atoms with E-state index in [4.69, 9.17) is 39.6 Å². The maximum absolute atomic E-state index is 9.00. The largest absolute Gasteiger partial charge is 1.00 e. The molecule has 0 saturated carbocycles. The summed E-state index contributed by atoms with van der Waals surface area (Å²) in [6, 6.07) is 0. The van der Waals surface area contributed by atoms with E-state index in [1.165, 1.54) is 0 Å². The molecule has 0 unspecified atom stereocenters. The van der Waals surface area contributed by atoms with E-state index < -0.39 is 23.9 Å². The molecule has 0 aromatic rings. The minimum atomic E-state index is -0.833. The third kappa shape index (κ3) is 2510000. The van der Waals surface area contributed by atoms with Crippen LogP contribution in [0.1, 0.15) is 30.5 Å². The number of aliphatic carboxylic acids is 4. The van der Waals surface area contributed by atoms with Crippen LogP contribution in [0, 0.1) is 0 Å². The van der Waals surface area contributed by atoms with Gasteiger partial charge in [0.25, 0.3) is 23.9 Å². The minimum absolute atomic E-state index is 0. The first-order chi connectivity index (χ1) is 7.93. The van der Waals surface area contributed by atoms with Gasteiger partial charge in [0.2, 0.25) is 0 Å². The molecule has 13 heteroatoms. The second-order valence-corrected chi connectivity index (χ2v) is 2.08. The van der Waals surface area contributed by atoms with Crippen LogP contribution in [-0.2, 0) is 36.2 Å². The Morgan fingerprint density at radius 2 is 0.609 bits per heavy atom. The topological polar surface area (TPSA) is 219 Å². The molecule has 0 spiro atoms. The Morgan fingerprint density at radius 1 is 0.609 bits per heavy atom. The number of carboxylic acid groups (broad SMARTS) is 4. The van der Waals surface area contributed by atoms with Crippen LogP contribution >= 0.6 is 0 Å². The molecular formula is C10H28CuN2Na2O8. The first kappa shape index (κ1) is 65.8. The van der Waals surface area contributed by atoms with Crippen molar-refractivity contribution in [3.05, 3.63) is 13.2 Å². The standard InChI is InChI=1S/4C2H4O2.C2H4.Cu.2H3N.2Na.2H/c4*1-2(3)4;1-2;;;;;;;/h4*1H3,(H,3,4);1-2H2;;2*1H3;;;;/q;;;;;;;;2*+1;2*-1. The SMILES string of the molecule is C=C.CC(=O)O.CC(=O)O.CC(=O)O.CC(=O)O.N.N.[Cu].[H-].[H-].[Na+].[Na+]. The Labute approximate surface area is 194 Å². The molecule has 0 heterocycles. The van der Waals surface area contributed by atoms with E-state index in [1.807, 2.05) is 0 Å². The molecule has 10 nitrogen and oxygen atoms in total. The van der Waals surface area contributed by atoms with E-state index >= 15 is 0 Å². The third-order valence-electron chi connectivity index (χ3n) is 0. The second-order valence-electron chi connectivity index (χ2n) is 2.08. The summed E-state index contributed by atoms with van der Waals surface area (Å²) in [6.07, 6.45) is 0. The van der Waals surface area contributed by atoms with Gasteiger partial charge in [-0.3, -0.25) is 19.2 Å². The second kappa shape index (κ2) is 67.3. The van der Waals surface area contributed by atoms with Crippen LogP contribution < -0.4 is 71.4 Å². The van der Waals surface area contributed by atoms with Crippen molar-refractivity contribution < 1.29 is 119 Å². The van der Waals surface area contributed by atoms with E-state index in [2.05, 4.69) is 13.2 Å². The fraction of sp³-hybridized carbons (Fsp3) is 0.400. The monoisotopic (exact) mass is 413 g/mol. The van der Waals surface area contributed by atoms with E-state index in [9.17, 15) is 0 Å². The molecular weight excluding hydrogens is 386 g/mol. The van der Waals surface area contributed by atoms with Crippen molar-refractivity contribution in [2.75, 3.05) is 0 Å². The number of hydrogen-bond donors (Lipinski definition) is 6. The predicted octanol–water partition coefficient (Wildman–Crippen LogP) is -4.28. The van der Waals surface area contributed by atoms with Crippen molar-refractivity contribution in [2.45, 2.75) is 27.7 Å². The van der Waals surface area contributed by atoms with Crippen molar-refractivity contribution in [3.63, 3.8) is 0 Å². The van der Waals surface area contributed by atoms with Crippen molar-refractivity contribution in [2.24, 2.45) is 0 Å². The van der Waals surface area contributed by atoms with Crippen LogP contribution in [0.25, 0.3) is 0 Å². The molecule has 0 aliphatic rings. The average molecular weight is 414 g/mol. The van der Waals surface area contributed by atoms with Gasteiger partial charge in [-0.05, 0) is 0 Å². The van der Waals surface area contributed by atoms with Gasteiger partial charge in [-0.1, -0.05) is 0 Å². The fourth-order valence-electron chi connectivity index (χ4n) is 0. The van der Waals surface area contributed by atoms with E-state index in [0.29, 0.717) is 0 Å². The van der Waals surface area contributed by atoms with Crippen molar-refractivity contribution in [1.82, 2.24) is 12.3 Å². The summed E-state index contributed by atoms with van der Waals surface area (Å²) in [5.41, 5.74) is 0. The van der Waals surface area contributed by atoms with Gasteiger partial charge in [0.15, 0.2) is 0 Å². The molecule has 0 atom stereocenters. The molecule has 0 aliphatic carbocycles. The van der Waals surface area contributed by atoms with Crippen LogP contribution in [-0.4, -0.2) is 44.3 Å². The summed E-state index contributed by atoms with van der Waals surface area (Å²) >= 11 is 0. The molecule has 1 radical (unpaired) electrons. The summed E-state index contributed by atoms with van der Waals surface area (Å²) in [5, 5.41) is 29.7. The van der Waals surface area contributed by atoms with Gasteiger partial charge in [-0.2, -0.15) is 0 Å². The zero-order valence-electron chi connectivity index (χ0n) is 16.6. The van der Waals surface area contributed by atoms with Crippen LogP contribution in [0.3, 0.4) is 0 Å². The van der Waals surface area contributed by atoms with Crippen molar-refractivity contribution in [1.29, 1.82) is 0 Å². The quantitative estimate of drug-likeness (QED) is 0.166. The minimum Gasteiger partial charge on any atom is -1.00 e. The summed E-state index contributed by atoms with van der Waals surface area (Å²) in [5.74, 6) is -3.33. The molecule has 0 amide bonds. The van der Waals surface area contributed by atoms with Crippen molar-refractivity contribution in [3.8, 4) is 0 Å². The van der Waals surface area contributed by atoms with Crippen LogP contribution in [0.15, 0.2) is 13.2 Å². The Hall–Kier alpha value is 0.0595. The predicted molar refractivity (Wildman–Crippen MR) is 76.8 cm³/mol. The fourth-order valence-corrected chi connectivity index (χ4v) is 0. The van der Waals surface area contributed by atoms with Gasteiger partial charge in [-0.15, -0.1) is 13.2 Å². The maximum Gasteiger partial charge on any atom is 1.00 e. The Bertz CT molecular complexity index is 205. The zero-order valence-corrected chi connectivity index (χ0v) is 19.5. The Balaban J connectivity index is -0.00000000799. The van der Waals surface area contributed by atoms with Gasteiger partial charge < -0.3 is 35.6 Å². The number of carbonyl (C=O) groups is 4. The van der Waals surface area contributed by atoms with E-state index in [-0.39, 0.29) is 91.3 Å². The number of carboxylic acids is 4. The molecule has 139 valence electrons. The molecule has 0 saturated heterocycles. The molecule has 10 N–H and O–H groups in total.